The number of benzene rings is 2. The van der Waals surface area contributed by atoms with Gasteiger partial charge in [0.2, 0.25) is 0 Å². The van der Waals surface area contributed by atoms with Crippen LogP contribution in [0.1, 0.15) is 27.6 Å². The largest absolute Gasteiger partial charge is 0.507 e. The third kappa shape index (κ3) is 5.21. The summed E-state index contributed by atoms with van der Waals surface area (Å²) in [5.74, 6) is -1.36. The van der Waals surface area contributed by atoms with Gasteiger partial charge in [0, 0.05) is 10.2 Å². The highest BCUT2D eigenvalue weighted by molar-refractivity contribution is 9.10. The Kier molecular flexibility index (Phi) is 6.56. The number of hydrogen-bond acceptors (Lipinski definition) is 5. The molecule has 4 N–H and O–H groups in total. The molecular formula is C17H16BrN3O5. The first-order valence-corrected chi connectivity index (χ1v) is 8.33. The highest BCUT2D eigenvalue weighted by Crippen LogP contribution is 2.21. The molecule has 3 amide bonds. The van der Waals surface area contributed by atoms with E-state index >= 15 is 0 Å². The Hall–Kier alpha value is -3.07. The number of hydrogen-bond donors (Lipinski definition) is 4. The highest BCUT2D eigenvalue weighted by atomic mass is 79.9. The van der Waals surface area contributed by atoms with Gasteiger partial charge in [-0.05, 0) is 49.4 Å². The molecule has 0 aliphatic heterocycles. The molecule has 9 heteroatoms. The van der Waals surface area contributed by atoms with E-state index in [1.807, 2.05) is 0 Å². The van der Waals surface area contributed by atoms with Crippen LogP contribution in [-0.4, -0.2) is 29.6 Å². The lowest BCUT2D eigenvalue weighted by molar-refractivity contribution is 0.0526. The van der Waals surface area contributed by atoms with Crippen LogP contribution in [0.25, 0.3) is 0 Å². The second kappa shape index (κ2) is 8.86. The summed E-state index contributed by atoms with van der Waals surface area (Å²) in [7, 11) is 0. The first-order valence-electron chi connectivity index (χ1n) is 7.53. The molecule has 0 spiro atoms. The molecule has 0 heterocycles. The molecule has 136 valence electrons. The van der Waals surface area contributed by atoms with Crippen LogP contribution in [0.15, 0.2) is 46.9 Å². The first-order chi connectivity index (χ1) is 12.4. The molecule has 0 atom stereocenters. The molecule has 26 heavy (non-hydrogen) atoms. The van der Waals surface area contributed by atoms with Gasteiger partial charge in [0.1, 0.15) is 5.75 Å². The summed E-state index contributed by atoms with van der Waals surface area (Å²) in [6.45, 7) is 1.98. The summed E-state index contributed by atoms with van der Waals surface area (Å²) in [5, 5.41) is 12.2. The molecule has 0 aromatic heterocycles. The summed E-state index contributed by atoms with van der Waals surface area (Å²) in [5.41, 5.74) is 5.11. The number of amides is 3. The molecule has 0 radical (unpaired) electrons. The number of aromatic hydroxyl groups is 1. The van der Waals surface area contributed by atoms with Gasteiger partial charge in [-0.3, -0.25) is 10.2 Å². The Bertz CT molecular complexity index is 824. The summed E-state index contributed by atoms with van der Waals surface area (Å²) in [4.78, 5) is 35.3. The molecule has 2 aromatic rings. The monoisotopic (exact) mass is 421 g/mol. The van der Waals surface area contributed by atoms with Crippen molar-refractivity contribution in [1.29, 1.82) is 0 Å². The number of halogens is 1. The number of hydrazine groups is 1. The van der Waals surface area contributed by atoms with Crippen LogP contribution in [0.2, 0.25) is 0 Å². The van der Waals surface area contributed by atoms with Gasteiger partial charge < -0.3 is 15.2 Å². The molecule has 0 fully saturated rings. The van der Waals surface area contributed by atoms with Gasteiger partial charge in [-0.2, -0.15) is 0 Å². The number of phenols is 1. The zero-order chi connectivity index (χ0) is 19.1. The minimum Gasteiger partial charge on any atom is -0.507 e. The van der Waals surface area contributed by atoms with E-state index in [1.54, 1.807) is 13.0 Å². The third-order valence-electron chi connectivity index (χ3n) is 3.15. The van der Waals surface area contributed by atoms with Gasteiger partial charge in [-0.1, -0.05) is 15.9 Å². The van der Waals surface area contributed by atoms with Gasteiger partial charge in [-0.15, -0.1) is 0 Å². The first kappa shape index (κ1) is 19.3. The lowest BCUT2D eigenvalue weighted by atomic mass is 10.2. The van der Waals surface area contributed by atoms with Crippen LogP contribution < -0.4 is 16.2 Å². The van der Waals surface area contributed by atoms with E-state index in [0.29, 0.717) is 15.7 Å². The van der Waals surface area contributed by atoms with Crippen LogP contribution in [-0.2, 0) is 4.74 Å². The Morgan fingerprint density at radius 1 is 1.08 bits per heavy atom. The van der Waals surface area contributed by atoms with E-state index in [1.165, 1.54) is 36.4 Å². The van der Waals surface area contributed by atoms with Crippen molar-refractivity contribution in [2.75, 3.05) is 11.9 Å². The van der Waals surface area contributed by atoms with Crippen molar-refractivity contribution in [3.05, 3.63) is 58.1 Å². The Labute approximate surface area is 157 Å². The van der Waals surface area contributed by atoms with E-state index in [4.69, 9.17) is 4.74 Å². The van der Waals surface area contributed by atoms with Crippen LogP contribution in [0, 0.1) is 0 Å². The lowest BCUT2D eigenvalue weighted by Gasteiger charge is -2.10. The average molecular weight is 422 g/mol. The van der Waals surface area contributed by atoms with Crippen molar-refractivity contribution in [2.24, 2.45) is 0 Å². The normalized spacial score (nSPS) is 9.92. The Balaban J connectivity index is 1.89. The van der Waals surface area contributed by atoms with E-state index in [-0.39, 0.29) is 17.9 Å². The van der Waals surface area contributed by atoms with Gasteiger partial charge in [0.25, 0.3) is 5.91 Å². The summed E-state index contributed by atoms with van der Waals surface area (Å²) in [6.07, 6.45) is 0. The van der Waals surface area contributed by atoms with Crippen LogP contribution in [0.3, 0.4) is 0 Å². The maximum absolute atomic E-state index is 12.0. The van der Waals surface area contributed by atoms with Gasteiger partial charge in [0.05, 0.1) is 17.7 Å². The predicted octanol–water partition coefficient (Wildman–Crippen LogP) is 2.80. The number of esters is 1. The molecule has 8 nitrogen and oxygen atoms in total. The molecule has 0 saturated carbocycles. The fourth-order valence-electron chi connectivity index (χ4n) is 1.94. The number of carbonyl (C=O) groups is 3. The van der Waals surface area contributed by atoms with E-state index in [2.05, 4.69) is 32.1 Å². The second-order valence-electron chi connectivity index (χ2n) is 4.99. The number of ether oxygens (including phenoxy) is 1. The van der Waals surface area contributed by atoms with Gasteiger partial charge in [-0.25, -0.2) is 15.0 Å². The lowest BCUT2D eigenvalue weighted by Crippen LogP contribution is -2.43. The SMILES string of the molecule is CCOC(=O)c1ccc(NC(=O)NNC(=O)c2cc(Br)ccc2O)cc1. The molecule has 2 rings (SSSR count). The van der Waals surface area contributed by atoms with E-state index < -0.39 is 17.9 Å². The molecule has 0 aliphatic rings. The topological polar surface area (TPSA) is 117 Å². The van der Waals surface area contributed by atoms with Crippen molar-refractivity contribution < 1.29 is 24.2 Å². The van der Waals surface area contributed by atoms with E-state index in [0.717, 1.165) is 0 Å². The molecule has 0 unspecified atom stereocenters. The number of anilines is 1. The van der Waals surface area contributed by atoms with E-state index in [9.17, 15) is 19.5 Å². The smallest absolute Gasteiger partial charge is 0.338 e. The van der Waals surface area contributed by atoms with Crippen LogP contribution in [0.4, 0.5) is 10.5 Å². The fraction of sp³-hybridized carbons (Fsp3) is 0.118. The van der Waals surface area contributed by atoms with Gasteiger partial charge >= 0.3 is 12.0 Å². The quantitative estimate of drug-likeness (QED) is 0.447. The number of nitrogens with one attached hydrogen (secondary N) is 3. The summed E-state index contributed by atoms with van der Waals surface area (Å²) < 4.78 is 5.47. The second-order valence-corrected chi connectivity index (χ2v) is 5.91. The zero-order valence-corrected chi connectivity index (χ0v) is 15.3. The molecule has 0 aliphatic carbocycles. The van der Waals surface area contributed by atoms with Crippen molar-refractivity contribution in [1.82, 2.24) is 10.9 Å². The Morgan fingerprint density at radius 3 is 2.42 bits per heavy atom. The predicted molar refractivity (Wildman–Crippen MR) is 97.8 cm³/mol. The number of urea groups is 1. The highest BCUT2D eigenvalue weighted by Gasteiger charge is 2.13. The number of phenolic OH excluding ortho intramolecular Hbond substituents is 1. The van der Waals surface area contributed by atoms with Crippen molar-refractivity contribution >= 4 is 39.5 Å². The average Bonchev–Trinajstić information content (AvgIpc) is 2.62. The van der Waals surface area contributed by atoms with Crippen molar-refractivity contribution in [3.63, 3.8) is 0 Å². The number of carbonyl (C=O) groups excluding carboxylic acids is 3. The standard InChI is InChI=1S/C17H16BrN3O5/c1-2-26-16(24)10-3-6-12(7-4-10)19-17(25)21-20-15(23)13-9-11(18)5-8-14(13)22/h3-9,22H,2H2,1H3,(H,20,23)(H2,19,21,25). The maximum atomic E-state index is 12.0. The third-order valence-corrected chi connectivity index (χ3v) is 3.64. The van der Waals surface area contributed by atoms with Crippen LogP contribution in [0.5, 0.6) is 5.75 Å². The minimum atomic E-state index is -0.697. The summed E-state index contributed by atoms with van der Waals surface area (Å²) >= 11 is 3.19. The maximum Gasteiger partial charge on any atom is 0.338 e. The van der Waals surface area contributed by atoms with Crippen molar-refractivity contribution in [3.8, 4) is 5.75 Å². The molecule has 2 aromatic carbocycles. The summed E-state index contributed by atoms with van der Waals surface area (Å²) in [6, 6.07) is 9.70. The van der Waals surface area contributed by atoms with Gasteiger partial charge in [0.15, 0.2) is 0 Å². The number of rotatable bonds is 4. The molecule has 0 saturated heterocycles. The molecular weight excluding hydrogens is 406 g/mol. The minimum absolute atomic E-state index is 0.00142. The fourth-order valence-corrected chi connectivity index (χ4v) is 2.30. The van der Waals surface area contributed by atoms with Crippen molar-refractivity contribution in [2.45, 2.75) is 6.92 Å². The molecule has 0 bridgehead atoms. The Morgan fingerprint density at radius 2 is 1.77 bits per heavy atom. The zero-order valence-electron chi connectivity index (χ0n) is 13.7. The van der Waals surface area contributed by atoms with Crippen LogP contribution >= 0.6 is 15.9 Å².